The van der Waals surface area contributed by atoms with Gasteiger partial charge in [0.2, 0.25) is 0 Å². The molecule has 0 radical (unpaired) electrons. The van der Waals surface area contributed by atoms with Gasteiger partial charge in [-0.25, -0.2) is 8.42 Å². The highest BCUT2D eigenvalue weighted by molar-refractivity contribution is 7.92. The molecule has 0 bridgehead atoms. The summed E-state index contributed by atoms with van der Waals surface area (Å²) in [6.07, 6.45) is 2.83. The Morgan fingerprint density at radius 3 is 2.26 bits per heavy atom. The van der Waals surface area contributed by atoms with E-state index in [2.05, 4.69) is 0 Å². The van der Waals surface area contributed by atoms with E-state index in [0.29, 0.717) is 18.4 Å². The van der Waals surface area contributed by atoms with E-state index < -0.39 is 15.1 Å². The maximum Gasteiger partial charge on any atom is 0.180 e. The van der Waals surface area contributed by atoms with Crippen molar-refractivity contribution in [3.05, 3.63) is 35.9 Å². The second-order valence-corrected chi connectivity index (χ2v) is 7.00. The van der Waals surface area contributed by atoms with Crippen LogP contribution in [0.1, 0.15) is 49.9 Å². The molecule has 19 heavy (non-hydrogen) atoms. The van der Waals surface area contributed by atoms with Gasteiger partial charge < -0.3 is 0 Å². The summed E-state index contributed by atoms with van der Waals surface area (Å²) in [5, 5.41) is -0.897. The fraction of sp³-hybridized carbons (Fsp3) is 0.533. The summed E-state index contributed by atoms with van der Waals surface area (Å²) in [6, 6.07) is 8.67. The van der Waals surface area contributed by atoms with Crippen LogP contribution in [0.3, 0.4) is 0 Å². The van der Waals surface area contributed by atoms with E-state index in [1.54, 1.807) is 31.2 Å². The van der Waals surface area contributed by atoms with Gasteiger partial charge in [-0.15, -0.1) is 0 Å². The molecule has 0 saturated carbocycles. The number of Topliss-reactive ketones (excluding diaryl/α,β-unsaturated/α-hetero) is 1. The maximum absolute atomic E-state index is 12.3. The number of ketones is 1. The monoisotopic (exact) mass is 282 g/mol. The highest BCUT2D eigenvalue weighted by Gasteiger charge is 2.30. The molecule has 0 fully saturated rings. The third kappa shape index (κ3) is 4.46. The molecule has 3 nitrogen and oxygen atoms in total. The van der Waals surface area contributed by atoms with E-state index in [1.165, 1.54) is 0 Å². The highest BCUT2D eigenvalue weighted by Crippen LogP contribution is 2.16. The SMILES string of the molecule is CCCCCS(=O)(=O)C(CC)C(=O)c1ccccc1. The molecule has 0 spiro atoms. The predicted octanol–water partition coefficient (Wildman–Crippen LogP) is 3.25. The maximum atomic E-state index is 12.3. The number of hydrogen-bond acceptors (Lipinski definition) is 3. The third-order valence-corrected chi connectivity index (χ3v) is 5.46. The normalized spacial score (nSPS) is 13.2. The second kappa shape index (κ2) is 7.43. The van der Waals surface area contributed by atoms with Crippen molar-refractivity contribution in [1.29, 1.82) is 0 Å². The van der Waals surface area contributed by atoms with Crippen molar-refractivity contribution in [1.82, 2.24) is 0 Å². The first-order chi connectivity index (χ1) is 9.03. The molecule has 0 N–H and O–H groups in total. The summed E-state index contributed by atoms with van der Waals surface area (Å²) in [7, 11) is -3.34. The molecule has 4 heteroatoms. The summed E-state index contributed by atoms with van der Waals surface area (Å²) in [5.41, 5.74) is 0.480. The van der Waals surface area contributed by atoms with Gasteiger partial charge in [-0.1, -0.05) is 57.0 Å². The lowest BCUT2D eigenvalue weighted by Gasteiger charge is -2.14. The van der Waals surface area contributed by atoms with Crippen LogP contribution in [0.2, 0.25) is 0 Å². The molecule has 106 valence electrons. The molecule has 0 amide bonds. The molecule has 1 atom stereocenters. The smallest absolute Gasteiger partial charge is 0.180 e. The molecular weight excluding hydrogens is 260 g/mol. The number of hydrogen-bond donors (Lipinski definition) is 0. The first kappa shape index (κ1) is 15.9. The Labute approximate surface area is 116 Å². The molecule has 0 aliphatic heterocycles. The van der Waals surface area contributed by atoms with Crippen LogP contribution in [-0.2, 0) is 9.84 Å². The third-order valence-electron chi connectivity index (χ3n) is 3.19. The summed E-state index contributed by atoms with van der Waals surface area (Å²) in [4.78, 5) is 12.3. The van der Waals surface area contributed by atoms with E-state index in [1.807, 2.05) is 13.0 Å². The van der Waals surface area contributed by atoms with Crippen LogP contribution >= 0.6 is 0 Å². The average molecular weight is 282 g/mol. The van der Waals surface area contributed by atoms with Gasteiger partial charge in [-0.05, 0) is 12.8 Å². The molecule has 1 aromatic carbocycles. The summed E-state index contributed by atoms with van der Waals surface area (Å²) < 4.78 is 24.5. The van der Waals surface area contributed by atoms with Gasteiger partial charge in [0.25, 0.3) is 0 Å². The van der Waals surface area contributed by atoms with Gasteiger partial charge in [-0.2, -0.15) is 0 Å². The van der Waals surface area contributed by atoms with Crippen LogP contribution < -0.4 is 0 Å². The van der Waals surface area contributed by atoms with Gasteiger partial charge in [0.05, 0.1) is 5.75 Å². The number of benzene rings is 1. The molecule has 1 unspecified atom stereocenters. The van der Waals surface area contributed by atoms with Crippen LogP contribution in [0.25, 0.3) is 0 Å². The van der Waals surface area contributed by atoms with Crippen LogP contribution in [0.4, 0.5) is 0 Å². The standard InChI is InChI=1S/C15H22O3S/c1-3-5-9-12-19(17,18)14(4-2)15(16)13-10-7-6-8-11-13/h6-8,10-11,14H,3-5,9,12H2,1-2H3. The number of unbranched alkanes of at least 4 members (excludes halogenated alkanes) is 2. The zero-order valence-electron chi connectivity index (χ0n) is 11.6. The first-order valence-electron chi connectivity index (χ1n) is 6.83. The van der Waals surface area contributed by atoms with E-state index >= 15 is 0 Å². The Morgan fingerprint density at radius 2 is 1.74 bits per heavy atom. The van der Waals surface area contributed by atoms with E-state index in [9.17, 15) is 13.2 Å². The number of carbonyl (C=O) groups excluding carboxylic acids is 1. The molecule has 0 saturated heterocycles. The van der Waals surface area contributed by atoms with Crippen molar-refractivity contribution >= 4 is 15.6 Å². The highest BCUT2D eigenvalue weighted by atomic mass is 32.2. The zero-order valence-corrected chi connectivity index (χ0v) is 12.4. The largest absolute Gasteiger partial charge is 0.293 e. The summed E-state index contributed by atoms with van der Waals surface area (Å²) in [5.74, 6) is -0.169. The predicted molar refractivity (Wildman–Crippen MR) is 78.2 cm³/mol. The Morgan fingerprint density at radius 1 is 1.11 bits per heavy atom. The average Bonchev–Trinajstić information content (AvgIpc) is 2.40. The van der Waals surface area contributed by atoms with E-state index in [4.69, 9.17) is 0 Å². The molecule has 0 aliphatic carbocycles. The Balaban J connectivity index is 2.85. The van der Waals surface area contributed by atoms with Gasteiger partial charge in [0.1, 0.15) is 5.25 Å². The van der Waals surface area contributed by atoms with E-state index in [-0.39, 0.29) is 11.5 Å². The molecule has 0 aliphatic rings. The summed E-state index contributed by atoms with van der Waals surface area (Å²) >= 11 is 0. The van der Waals surface area contributed by atoms with Crippen molar-refractivity contribution in [2.24, 2.45) is 0 Å². The van der Waals surface area contributed by atoms with Crippen LogP contribution in [0.15, 0.2) is 30.3 Å². The number of carbonyl (C=O) groups is 1. The van der Waals surface area contributed by atoms with Crippen molar-refractivity contribution < 1.29 is 13.2 Å². The quantitative estimate of drug-likeness (QED) is 0.543. The fourth-order valence-corrected chi connectivity index (χ4v) is 3.95. The van der Waals surface area contributed by atoms with Gasteiger partial charge >= 0.3 is 0 Å². The van der Waals surface area contributed by atoms with E-state index in [0.717, 1.165) is 12.8 Å². The van der Waals surface area contributed by atoms with Crippen LogP contribution in [0, 0.1) is 0 Å². The lowest BCUT2D eigenvalue weighted by molar-refractivity contribution is 0.0985. The van der Waals surface area contributed by atoms with Gasteiger partial charge in [0.15, 0.2) is 15.6 Å². The van der Waals surface area contributed by atoms with Gasteiger partial charge in [0, 0.05) is 5.56 Å². The minimum atomic E-state index is -3.34. The topological polar surface area (TPSA) is 51.2 Å². The molecule has 1 aromatic rings. The number of rotatable bonds is 8. The zero-order chi connectivity index (χ0) is 14.3. The second-order valence-electron chi connectivity index (χ2n) is 4.70. The van der Waals surface area contributed by atoms with Gasteiger partial charge in [-0.3, -0.25) is 4.79 Å². The Kier molecular flexibility index (Phi) is 6.22. The Bertz CT molecular complexity index is 491. The first-order valence-corrected chi connectivity index (χ1v) is 8.55. The van der Waals surface area contributed by atoms with Crippen molar-refractivity contribution in [3.8, 4) is 0 Å². The lowest BCUT2D eigenvalue weighted by atomic mass is 10.1. The van der Waals surface area contributed by atoms with Crippen molar-refractivity contribution in [2.45, 2.75) is 44.8 Å². The lowest BCUT2D eigenvalue weighted by Crippen LogP contribution is -2.31. The number of sulfone groups is 1. The molecular formula is C15H22O3S. The van der Waals surface area contributed by atoms with Crippen LogP contribution in [0.5, 0.6) is 0 Å². The molecule has 0 heterocycles. The minimum absolute atomic E-state index is 0.109. The molecule has 1 rings (SSSR count). The summed E-state index contributed by atoms with van der Waals surface area (Å²) in [6.45, 7) is 3.78. The minimum Gasteiger partial charge on any atom is -0.293 e. The Hall–Kier alpha value is -1.16. The fourth-order valence-electron chi connectivity index (χ4n) is 2.09. The van der Waals surface area contributed by atoms with Crippen LogP contribution in [-0.4, -0.2) is 25.2 Å². The van der Waals surface area contributed by atoms with Crippen molar-refractivity contribution in [2.75, 3.05) is 5.75 Å². The molecule has 0 aromatic heterocycles. The van der Waals surface area contributed by atoms with Crippen molar-refractivity contribution in [3.63, 3.8) is 0 Å².